The van der Waals surface area contributed by atoms with Crippen molar-refractivity contribution in [2.24, 2.45) is 4.99 Å². The molecular formula is C20H19Cl2N3O3S. The van der Waals surface area contributed by atoms with Crippen molar-refractivity contribution in [3.05, 3.63) is 52.5 Å². The van der Waals surface area contributed by atoms with Gasteiger partial charge in [-0.1, -0.05) is 35.0 Å². The van der Waals surface area contributed by atoms with Crippen LogP contribution in [0.15, 0.2) is 47.5 Å². The maximum Gasteiger partial charge on any atom is 0.238 e. The third kappa shape index (κ3) is 5.65. The third-order valence-electron chi connectivity index (χ3n) is 4.07. The average Bonchev–Trinajstić information content (AvgIpc) is 2.66. The van der Waals surface area contributed by atoms with Gasteiger partial charge in [-0.15, -0.1) is 0 Å². The van der Waals surface area contributed by atoms with Crippen molar-refractivity contribution in [3.8, 4) is 5.75 Å². The lowest BCUT2D eigenvalue weighted by Crippen LogP contribution is -2.43. The average molecular weight is 452 g/mol. The maximum atomic E-state index is 12.7. The number of carbonyl (C=O) groups is 2. The lowest BCUT2D eigenvalue weighted by molar-refractivity contribution is -0.128. The van der Waals surface area contributed by atoms with Crippen LogP contribution in [0.2, 0.25) is 10.0 Å². The van der Waals surface area contributed by atoms with E-state index in [4.69, 9.17) is 27.9 Å². The highest BCUT2D eigenvalue weighted by atomic mass is 35.5. The van der Waals surface area contributed by atoms with Gasteiger partial charge in [0, 0.05) is 29.2 Å². The van der Waals surface area contributed by atoms with Gasteiger partial charge in [-0.25, -0.2) is 4.99 Å². The molecular weight excluding hydrogens is 433 g/mol. The molecule has 1 saturated heterocycles. The molecule has 9 heteroatoms. The zero-order chi connectivity index (χ0) is 21.0. The second kappa shape index (κ2) is 9.52. The number of carbonyl (C=O) groups excluding carboxylic acids is 2. The number of nitrogens with zero attached hydrogens (tertiary/aromatic N) is 2. The molecule has 2 aromatic carbocycles. The van der Waals surface area contributed by atoms with E-state index in [0.717, 1.165) is 5.75 Å². The summed E-state index contributed by atoms with van der Waals surface area (Å²) in [7, 11) is 1.63. The Morgan fingerprint density at radius 3 is 2.52 bits per heavy atom. The minimum absolute atomic E-state index is 0.0827. The van der Waals surface area contributed by atoms with Gasteiger partial charge in [0.15, 0.2) is 5.17 Å². The minimum Gasteiger partial charge on any atom is -0.494 e. The zero-order valence-electron chi connectivity index (χ0n) is 15.8. The van der Waals surface area contributed by atoms with Crippen molar-refractivity contribution in [2.75, 3.05) is 19.0 Å². The van der Waals surface area contributed by atoms with Crippen LogP contribution in [0.1, 0.15) is 13.3 Å². The van der Waals surface area contributed by atoms with Gasteiger partial charge in [0.1, 0.15) is 11.0 Å². The van der Waals surface area contributed by atoms with Gasteiger partial charge in [0.25, 0.3) is 0 Å². The van der Waals surface area contributed by atoms with Crippen LogP contribution in [0.4, 0.5) is 11.4 Å². The Balaban J connectivity index is 1.75. The zero-order valence-corrected chi connectivity index (χ0v) is 18.1. The fourth-order valence-electron chi connectivity index (χ4n) is 2.64. The summed E-state index contributed by atoms with van der Waals surface area (Å²) in [5.41, 5.74) is 1.14. The van der Waals surface area contributed by atoms with Gasteiger partial charge in [-0.05, 0) is 49.4 Å². The number of halogens is 2. The van der Waals surface area contributed by atoms with Crippen molar-refractivity contribution in [1.29, 1.82) is 0 Å². The van der Waals surface area contributed by atoms with Crippen molar-refractivity contribution < 1.29 is 14.3 Å². The summed E-state index contributed by atoms with van der Waals surface area (Å²) in [5, 5.41) is 3.53. The van der Waals surface area contributed by atoms with Crippen LogP contribution in [0.5, 0.6) is 5.75 Å². The maximum absolute atomic E-state index is 12.7. The molecule has 0 aliphatic carbocycles. The number of amidine groups is 1. The number of ether oxygens (including phenoxy) is 1. The summed E-state index contributed by atoms with van der Waals surface area (Å²) < 4.78 is 5.39. The molecule has 0 unspecified atom stereocenters. The third-order valence-corrected chi connectivity index (χ3v) is 5.74. The molecule has 29 heavy (non-hydrogen) atoms. The summed E-state index contributed by atoms with van der Waals surface area (Å²) in [6, 6.07) is 12.0. The Morgan fingerprint density at radius 2 is 1.90 bits per heavy atom. The Morgan fingerprint density at radius 1 is 1.24 bits per heavy atom. The topological polar surface area (TPSA) is 71.0 Å². The van der Waals surface area contributed by atoms with E-state index in [1.807, 2.05) is 6.92 Å². The molecule has 1 heterocycles. The predicted octanol–water partition coefficient (Wildman–Crippen LogP) is 4.98. The van der Waals surface area contributed by atoms with Crippen LogP contribution in [0, 0.1) is 0 Å². The Kier molecular flexibility index (Phi) is 7.05. The number of hydrogen-bond acceptors (Lipinski definition) is 5. The number of anilines is 1. The van der Waals surface area contributed by atoms with E-state index in [1.54, 1.807) is 49.5 Å². The number of nitrogens with one attached hydrogen (secondary N) is 1. The Hall–Kier alpha value is -2.22. The molecule has 0 bridgehead atoms. The van der Waals surface area contributed by atoms with Gasteiger partial charge in [-0.3, -0.25) is 14.5 Å². The van der Waals surface area contributed by atoms with Crippen LogP contribution in [-0.4, -0.2) is 40.8 Å². The lowest BCUT2D eigenvalue weighted by atomic mass is 10.2. The molecule has 1 fully saturated rings. The summed E-state index contributed by atoms with van der Waals surface area (Å²) in [6.07, 6.45) is 0.0827. The number of hydrogen-bond donors (Lipinski definition) is 1. The lowest BCUT2D eigenvalue weighted by Gasteiger charge is -2.28. The van der Waals surface area contributed by atoms with Crippen LogP contribution < -0.4 is 10.1 Å². The first kappa shape index (κ1) is 21.5. The van der Waals surface area contributed by atoms with Crippen molar-refractivity contribution in [1.82, 2.24) is 4.90 Å². The Bertz CT molecular complexity index is 930. The molecule has 1 aliphatic heterocycles. The van der Waals surface area contributed by atoms with E-state index in [2.05, 4.69) is 10.3 Å². The number of thioether (sulfide) groups is 1. The van der Waals surface area contributed by atoms with Crippen molar-refractivity contribution in [2.45, 2.75) is 18.6 Å². The standard InChI is InChI=1S/C20H19Cl2N3O3S/c1-3-28-16-6-4-14(5-7-16)23-19(27)17-11-18(26)25(2)20(29-17)24-15-9-12(21)8-13(22)10-15/h4-10,17H,3,11H2,1-2H3,(H,23,27)/t17-/m0/s1. The molecule has 1 atom stereocenters. The molecule has 2 aromatic rings. The SMILES string of the molecule is CCOc1ccc(NC(=O)[C@@H]2CC(=O)N(C)C(=Nc3cc(Cl)cc(Cl)c3)S2)cc1. The highest BCUT2D eigenvalue weighted by molar-refractivity contribution is 8.15. The summed E-state index contributed by atoms with van der Waals surface area (Å²) in [4.78, 5) is 31.0. The van der Waals surface area contributed by atoms with E-state index < -0.39 is 5.25 Å². The molecule has 3 rings (SSSR count). The van der Waals surface area contributed by atoms with Gasteiger partial charge < -0.3 is 10.1 Å². The van der Waals surface area contributed by atoms with Gasteiger partial charge in [0.05, 0.1) is 12.3 Å². The highest BCUT2D eigenvalue weighted by Crippen LogP contribution is 2.31. The largest absolute Gasteiger partial charge is 0.494 e. The van der Waals surface area contributed by atoms with E-state index in [-0.39, 0.29) is 18.2 Å². The quantitative estimate of drug-likeness (QED) is 0.695. The molecule has 0 saturated carbocycles. The van der Waals surface area contributed by atoms with Crippen LogP contribution in [0.3, 0.4) is 0 Å². The normalized spacial score (nSPS) is 18.1. The highest BCUT2D eigenvalue weighted by Gasteiger charge is 2.34. The van der Waals surface area contributed by atoms with Crippen LogP contribution >= 0.6 is 35.0 Å². The van der Waals surface area contributed by atoms with E-state index in [9.17, 15) is 9.59 Å². The number of aliphatic imine (C=N–C) groups is 1. The monoisotopic (exact) mass is 451 g/mol. The molecule has 1 N–H and O–H groups in total. The first-order valence-electron chi connectivity index (χ1n) is 8.87. The van der Waals surface area contributed by atoms with Crippen LogP contribution in [-0.2, 0) is 9.59 Å². The first-order chi connectivity index (χ1) is 13.9. The Labute approximate surface area is 183 Å². The van der Waals surface area contributed by atoms with Gasteiger partial charge in [0.2, 0.25) is 11.8 Å². The van der Waals surface area contributed by atoms with Crippen LogP contribution in [0.25, 0.3) is 0 Å². The fourth-order valence-corrected chi connectivity index (χ4v) is 4.21. The minimum atomic E-state index is -0.598. The second-order valence-corrected chi connectivity index (χ2v) is 8.27. The summed E-state index contributed by atoms with van der Waals surface area (Å²) >= 11 is 13.3. The number of amides is 2. The summed E-state index contributed by atoms with van der Waals surface area (Å²) in [6.45, 7) is 2.47. The molecule has 1 aliphatic rings. The van der Waals surface area contributed by atoms with Gasteiger partial charge >= 0.3 is 0 Å². The van der Waals surface area contributed by atoms with Crippen molar-refractivity contribution >= 4 is 63.3 Å². The second-order valence-electron chi connectivity index (χ2n) is 6.23. The first-order valence-corrected chi connectivity index (χ1v) is 10.5. The molecule has 0 aromatic heterocycles. The molecule has 2 amide bonds. The number of benzene rings is 2. The van der Waals surface area contributed by atoms with E-state index in [1.165, 1.54) is 16.7 Å². The predicted molar refractivity (Wildman–Crippen MR) is 119 cm³/mol. The van der Waals surface area contributed by atoms with Gasteiger partial charge in [-0.2, -0.15) is 0 Å². The van der Waals surface area contributed by atoms with E-state index >= 15 is 0 Å². The fraction of sp³-hybridized carbons (Fsp3) is 0.250. The smallest absolute Gasteiger partial charge is 0.238 e. The molecule has 6 nitrogen and oxygen atoms in total. The van der Waals surface area contributed by atoms with E-state index in [0.29, 0.717) is 33.2 Å². The van der Waals surface area contributed by atoms with Crippen molar-refractivity contribution in [3.63, 3.8) is 0 Å². The summed E-state index contributed by atoms with van der Waals surface area (Å²) in [5.74, 6) is 0.267. The molecule has 0 spiro atoms. The molecule has 152 valence electrons. The number of rotatable bonds is 5. The molecule has 0 radical (unpaired) electrons.